The van der Waals surface area contributed by atoms with Crippen LogP contribution in [0.3, 0.4) is 0 Å². The molecule has 1 heterocycles. The number of quaternary nitrogens is 1. The first kappa shape index (κ1) is 32.9. The predicted molar refractivity (Wildman–Crippen MR) is 166 cm³/mol. The van der Waals surface area contributed by atoms with Gasteiger partial charge in [-0.2, -0.15) is 5.48 Å². The van der Waals surface area contributed by atoms with Crippen LogP contribution in [-0.2, 0) is 4.74 Å². The topological polar surface area (TPSA) is 101 Å². The molecule has 1 unspecified atom stereocenters. The van der Waals surface area contributed by atoms with Gasteiger partial charge in [0, 0.05) is 17.2 Å². The quantitative estimate of drug-likeness (QED) is 0.186. The highest BCUT2D eigenvalue weighted by atomic mass is 16.5. The van der Waals surface area contributed by atoms with Crippen LogP contribution in [0.1, 0.15) is 77.9 Å². The van der Waals surface area contributed by atoms with Gasteiger partial charge in [0.25, 0.3) is 11.5 Å². The number of carbonyl (C=O) groups is 1. The Kier molecular flexibility index (Phi) is 12.0. The van der Waals surface area contributed by atoms with Crippen molar-refractivity contribution in [2.45, 2.75) is 54.5 Å². The van der Waals surface area contributed by atoms with Crippen LogP contribution in [0.15, 0.2) is 66.2 Å². The smallest absolute Gasteiger partial charge is 0.266 e. The fourth-order valence-corrected chi connectivity index (χ4v) is 4.43. The van der Waals surface area contributed by atoms with Crippen molar-refractivity contribution < 1.29 is 20.2 Å². The van der Waals surface area contributed by atoms with Crippen molar-refractivity contribution in [3.8, 4) is 5.69 Å². The summed E-state index contributed by atoms with van der Waals surface area (Å²) in [4.78, 5) is 34.4. The van der Waals surface area contributed by atoms with Crippen molar-refractivity contribution >= 4 is 23.7 Å². The van der Waals surface area contributed by atoms with Crippen LogP contribution in [0.2, 0.25) is 0 Å². The van der Waals surface area contributed by atoms with Crippen molar-refractivity contribution in [3.05, 3.63) is 111 Å². The molecule has 0 fully saturated rings. The highest BCUT2D eigenvalue weighted by Gasteiger charge is 2.30. The summed E-state index contributed by atoms with van der Waals surface area (Å²) in [5, 5.41) is 9.68. The van der Waals surface area contributed by atoms with Crippen LogP contribution >= 0.6 is 0 Å². The third kappa shape index (κ3) is 7.09. The Labute approximate surface area is 243 Å². The summed E-state index contributed by atoms with van der Waals surface area (Å²) in [7, 11) is 1.55. The van der Waals surface area contributed by atoms with Crippen LogP contribution in [0.4, 0.5) is 5.69 Å². The average molecular weight is 560 g/mol. The molecule has 218 valence electrons. The lowest BCUT2D eigenvalue weighted by molar-refractivity contribution is -0.826. The number of aromatic nitrogens is 2. The molecule has 1 amide bonds. The molecule has 41 heavy (non-hydrogen) atoms. The maximum absolute atomic E-state index is 14.0. The number of nitrogens with zero attached hydrogens (tertiary/aromatic N) is 3. The monoisotopic (exact) mass is 559 g/mol. The number of ether oxygens (including phenoxy) is 1. The molecular formula is C33H43N4O4+. The second-order valence-electron chi connectivity index (χ2n) is 9.38. The van der Waals surface area contributed by atoms with Gasteiger partial charge in [0.05, 0.1) is 36.6 Å². The molecule has 0 bridgehead atoms. The third-order valence-electron chi connectivity index (χ3n) is 6.85. The van der Waals surface area contributed by atoms with E-state index < -0.39 is 6.04 Å². The van der Waals surface area contributed by atoms with Gasteiger partial charge in [-0.25, -0.2) is 10.2 Å². The van der Waals surface area contributed by atoms with Crippen molar-refractivity contribution in [2.24, 2.45) is 0 Å². The molecule has 3 rings (SSSR count). The number of methoxy groups -OCH3 is 1. The number of aryl methyl sites for hydroxylation is 3. The summed E-state index contributed by atoms with van der Waals surface area (Å²) in [5.74, 6) is 0.635. The Morgan fingerprint density at radius 3 is 2.34 bits per heavy atom. The molecule has 3 N–H and O–H groups in total. The highest BCUT2D eigenvalue weighted by Crippen LogP contribution is 2.27. The second kappa shape index (κ2) is 14.9. The molecule has 0 saturated heterocycles. The molecule has 0 spiro atoms. The van der Waals surface area contributed by atoms with Crippen LogP contribution in [0.25, 0.3) is 17.8 Å². The first-order chi connectivity index (χ1) is 19.6. The Balaban J connectivity index is 0.00000287. The van der Waals surface area contributed by atoms with E-state index in [0.717, 1.165) is 22.2 Å². The summed E-state index contributed by atoms with van der Waals surface area (Å²) in [6.45, 7) is 21.2. The van der Waals surface area contributed by atoms with Crippen LogP contribution in [-0.4, -0.2) is 39.2 Å². The van der Waals surface area contributed by atoms with E-state index >= 15 is 0 Å². The standard InChI is InChI=1S/C31H36N4O4.C2H6/c1-9-24(39-8)18-34(30(36)23-15-14-20(5)27(17-23)33-38)22(7)29-32-26(11-3)25(10-2)31(37)35(29)28-16-19(4)12-13-21(28)6;1-2/h9-17,22,33,38H,2-3,18H2,1,4-8H3;1-2H3/p+1/b24-9-;. The maximum Gasteiger partial charge on any atom is 0.266 e. The lowest BCUT2D eigenvalue weighted by Crippen LogP contribution is -2.74. The minimum Gasteiger partial charge on any atom is -0.500 e. The fourth-order valence-electron chi connectivity index (χ4n) is 4.43. The summed E-state index contributed by atoms with van der Waals surface area (Å²) >= 11 is 0. The molecule has 2 aromatic carbocycles. The number of hydrogen-bond acceptors (Lipinski definition) is 5. The fraction of sp³-hybridized carbons (Fsp3) is 0.303. The normalized spacial score (nSPS) is 11.7. The first-order valence-electron chi connectivity index (χ1n) is 13.7. The molecule has 1 atom stereocenters. The zero-order chi connectivity index (χ0) is 30.9. The van der Waals surface area contributed by atoms with Crippen molar-refractivity contribution in [1.29, 1.82) is 0 Å². The summed E-state index contributed by atoms with van der Waals surface area (Å²) in [6.07, 6.45) is 4.79. The number of nitrogens with two attached hydrogens (primary N) is 1. The number of allylic oxidation sites excluding steroid dienone is 1. The Hall–Kier alpha value is -4.27. The minimum atomic E-state index is -0.671. The highest BCUT2D eigenvalue weighted by molar-refractivity contribution is 5.95. The second-order valence-corrected chi connectivity index (χ2v) is 9.38. The van der Waals surface area contributed by atoms with E-state index in [0.29, 0.717) is 39.8 Å². The molecule has 8 heteroatoms. The van der Waals surface area contributed by atoms with Gasteiger partial charge in [-0.3, -0.25) is 14.2 Å². The number of rotatable bonds is 10. The van der Waals surface area contributed by atoms with E-state index in [1.165, 1.54) is 12.2 Å². The van der Waals surface area contributed by atoms with Gasteiger partial charge in [0.15, 0.2) is 5.69 Å². The Bertz CT molecular complexity index is 1500. The maximum atomic E-state index is 14.0. The van der Waals surface area contributed by atoms with Crippen LogP contribution < -0.4 is 11.0 Å². The third-order valence-corrected chi connectivity index (χ3v) is 6.85. The molecule has 3 aromatic rings. The van der Waals surface area contributed by atoms with Crippen molar-refractivity contribution in [2.75, 3.05) is 13.7 Å². The van der Waals surface area contributed by atoms with E-state index in [1.807, 2.05) is 66.7 Å². The zero-order valence-electron chi connectivity index (χ0n) is 25.5. The number of benzene rings is 2. The van der Waals surface area contributed by atoms with Crippen LogP contribution in [0.5, 0.6) is 0 Å². The molecule has 8 nitrogen and oxygen atoms in total. The SMILES string of the molecule is C=Cc1nc(C(C)N(C/C(=C/C)OC)C(=O)c2ccc(C)c([NH2+]O)c2)n(-c2cc(C)ccc2C)c(=O)c1C=C.CC. The van der Waals surface area contributed by atoms with E-state index in [-0.39, 0.29) is 18.0 Å². The van der Waals surface area contributed by atoms with Gasteiger partial charge >= 0.3 is 0 Å². The van der Waals surface area contributed by atoms with E-state index in [1.54, 1.807) is 40.9 Å². The van der Waals surface area contributed by atoms with Gasteiger partial charge in [-0.05, 0) is 70.0 Å². The molecule has 0 radical (unpaired) electrons. The number of hydrogen-bond donors (Lipinski definition) is 2. The lowest BCUT2D eigenvalue weighted by atomic mass is 10.1. The summed E-state index contributed by atoms with van der Waals surface area (Å²) in [5.41, 5.74) is 5.68. The number of amides is 1. The van der Waals surface area contributed by atoms with Crippen molar-refractivity contribution in [1.82, 2.24) is 14.5 Å². The summed E-state index contributed by atoms with van der Waals surface area (Å²) in [6, 6.07) is 10.3. The zero-order valence-corrected chi connectivity index (χ0v) is 25.5. The average Bonchev–Trinajstić information content (AvgIpc) is 2.99. The minimum absolute atomic E-state index is 0.133. The first-order valence-corrected chi connectivity index (χ1v) is 13.7. The molecule has 0 aliphatic rings. The Morgan fingerprint density at radius 1 is 1.12 bits per heavy atom. The van der Waals surface area contributed by atoms with Crippen molar-refractivity contribution in [3.63, 3.8) is 0 Å². The lowest BCUT2D eigenvalue weighted by Gasteiger charge is -2.31. The van der Waals surface area contributed by atoms with Gasteiger partial charge < -0.3 is 9.64 Å². The van der Waals surface area contributed by atoms with Gasteiger partial charge in [0.2, 0.25) is 0 Å². The molecule has 1 aromatic heterocycles. The predicted octanol–water partition coefficient (Wildman–Crippen LogP) is 5.81. The summed E-state index contributed by atoms with van der Waals surface area (Å²) < 4.78 is 7.08. The molecule has 0 aliphatic carbocycles. The largest absolute Gasteiger partial charge is 0.500 e. The van der Waals surface area contributed by atoms with Gasteiger partial charge in [-0.15, -0.1) is 0 Å². The molecule has 0 aliphatic heterocycles. The van der Waals surface area contributed by atoms with Gasteiger partial charge in [-0.1, -0.05) is 51.3 Å². The van der Waals surface area contributed by atoms with Gasteiger partial charge in [0.1, 0.15) is 11.6 Å². The molecule has 0 saturated carbocycles. The molecular weight excluding hydrogens is 516 g/mol. The van der Waals surface area contributed by atoms with E-state index in [4.69, 9.17) is 9.72 Å². The Morgan fingerprint density at radius 2 is 1.78 bits per heavy atom. The van der Waals surface area contributed by atoms with E-state index in [9.17, 15) is 14.8 Å². The van der Waals surface area contributed by atoms with Crippen LogP contribution in [0, 0.1) is 20.8 Å². The van der Waals surface area contributed by atoms with E-state index in [2.05, 4.69) is 13.2 Å². The number of carbonyl (C=O) groups excluding carboxylic acids is 1.